The predicted octanol–water partition coefficient (Wildman–Crippen LogP) is 13.6. The van der Waals surface area contributed by atoms with Gasteiger partial charge in [0.05, 0.1) is 22.1 Å². The smallest absolute Gasteiger partial charge is 0.0641 e. The fourth-order valence-electron chi connectivity index (χ4n) is 9.13. The van der Waals surface area contributed by atoms with Crippen LogP contribution in [0.4, 0.5) is 0 Å². The van der Waals surface area contributed by atoms with Gasteiger partial charge in [-0.05, 0) is 84.9 Å². The number of benzene rings is 10. The molecule has 10 aromatic carbocycles. The van der Waals surface area contributed by atoms with Gasteiger partial charge in [0.1, 0.15) is 0 Å². The van der Waals surface area contributed by atoms with Crippen LogP contribution in [0.15, 0.2) is 182 Å². The Morgan fingerprint density at radius 3 is 1.35 bits per heavy atom. The van der Waals surface area contributed by atoms with E-state index in [1.807, 2.05) is 0 Å². The Hall–Kier alpha value is -6.90. The van der Waals surface area contributed by atoms with Gasteiger partial charge in [0, 0.05) is 38.3 Å². The van der Waals surface area contributed by atoms with Crippen molar-refractivity contribution in [3.63, 3.8) is 0 Å². The molecule has 0 unspecified atom stereocenters. The molecule has 0 radical (unpaired) electrons. The molecule has 52 heavy (non-hydrogen) atoms. The summed E-state index contributed by atoms with van der Waals surface area (Å²) in [6, 6.07) is 67.4. The van der Waals surface area contributed by atoms with Gasteiger partial charge in [-0.3, -0.25) is 0 Å². The average molecular weight is 659 g/mol. The van der Waals surface area contributed by atoms with Gasteiger partial charge in [-0.25, -0.2) is 0 Å². The van der Waals surface area contributed by atoms with Crippen molar-refractivity contribution in [1.29, 1.82) is 0 Å². The highest BCUT2D eigenvalue weighted by Gasteiger charge is 2.22. The highest BCUT2D eigenvalue weighted by atomic mass is 15.0. The number of hydrogen-bond donors (Lipinski definition) is 0. The van der Waals surface area contributed by atoms with Crippen LogP contribution < -0.4 is 0 Å². The first-order valence-electron chi connectivity index (χ1n) is 18.0. The number of fused-ring (bicyclic) bond motifs is 15. The van der Waals surface area contributed by atoms with Gasteiger partial charge >= 0.3 is 0 Å². The minimum Gasteiger partial charge on any atom is -0.309 e. The lowest BCUT2D eigenvalue weighted by molar-refractivity contribution is 1.18. The van der Waals surface area contributed by atoms with E-state index in [1.54, 1.807) is 0 Å². The Bertz CT molecular complexity index is 3470. The second-order valence-corrected chi connectivity index (χ2v) is 14.1. The van der Waals surface area contributed by atoms with Crippen molar-refractivity contribution in [2.45, 2.75) is 0 Å². The number of hydrogen-bond acceptors (Lipinski definition) is 0. The molecule has 0 fully saturated rings. The monoisotopic (exact) mass is 658 g/mol. The van der Waals surface area contributed by atoms with E-state index in [2.05, 4.69) is 191 Å². The number of aromatic nitrogens is 2. The zero-order chi connectivity index (χ0) is 33.9. The summed E-state index contributed by atoms with van der Waals surface area (Å²) in [7, 11) is 0. The summed E-state index contributed by atoms with van der Waals surface area (Å²) in [5, 5.41) is 17.7. The molecule has 0 saturated heterocycles. The molecular formula is C50H30N2. The summed E-state index contributed by atoms with van der Waals surface area (Å²) in [5.41, 5.74) is 7.23. The predicted molar refractivity (Wildman–Crippen MR) is 223 cm³/mol. The molecule has 0 N–H and O–H groups in total. The molecule has 0 aliphatic heterocycles. The van der Waals surface area contributed by atoms with Crippen LogP contribution >= 0.6 is 0 Å². The van der Waals surface area contributed by atoms with Crippen LogP contribution in [0, 0.1) is 0 Å². The molecule has 2 aromatic heterocycles. The third kappa shape index (κ3) is 3.73. The Morgan fingerprint density at radius 2 is 0.692 bits per heavy atom. The largest absolute Gasteiger partial charge is 0.309 e. The molecule has 2 heterocycles. The summed E-state index contributed by atoms with van der Waals surface area (Å²) in [6.07, 6.45) is 0. The van der Waals surface area contributed by atoms with Crippen LogP contribution in [0.1, 0.15) is 0 Å². The molecule has 0 saturated carbocycles. The van der Waals surface area contributed by atoms with E-state index in [-0.39, 0.29) is 0 Å². The van der Waals surface area contributed by atoms with E-state index in [1.165, 1.54) is 109 Å². The maximum Gasteiger partial charge on any atom is 0.0641 e. The lowest BCUT2D eigenvalue weighted by Crippen LogP contribution is -1.96. The molecular weight excluding hydrogens is 629 g/mol. The first-order valence-corrected chi connectivity index (χ1v) is 18.0. The first-order chi connectivity index (χ1) is 25.8. The summed E-state index contributed by atoms with van der Waals surface area (Å²) in [5.74, 6) is 0. The molecule has 0 spiro atoms. The maximum atomic E-state index is 2.51. The summed E-state index contributed by atoms with van der Waals surface area (Å²) in [4.78, 5) is 0. The van der Waals surface area contributed by atoms with Crippen molar-refractivity contribution in [2.75, 3.05) is 0 Å². The van der Waals surface area contributed by atoms with Crippen LogP contribution in [-0.4, -0.2) is 9.13 Å². The van der Waals surface area contributed by atoms with E-state index in [0.717, 1.165) is 0 Å². The van der Waals surface area contributed by atoms with Crippen molar-refractivity contribution >= 4 is 97.5 Å². The standard InChI is InChI=1S/C50H30N2/c1-4-12-38-31(9-1)17-19-34-29-36(22-25-40(34)38)51-46-16-8-7-15-43(46)44-27-28-47-48(50(44)51)45-24-21-33-11-3-6-14-42(33)49(45)52(47)37-23-26-41-35(30-37)20-18-32-10-2-5-13-39(32)41/h1-30H. The first kappa shape index (κ1) is 27.9. The molecule has 2 heteroatoms. The Labute approximate surface area is 299 Å². The van der Waals surface area contributed by atoms with Crippen LogP contribution in [0.2, 0.25) is 0 Å². The van der Waals surface area contributed by atoms with Crippen molar-refractivity contribution in [2.24, 2.45) is 0 Å². The summed E-state index contributed by atoms with van der Waals surface area (Å²) < 4.78 is 5.02. The molecule has 12 rings (SSSR count). The van der Waals surface area contributed by atoms with E-state index in [0.29, 0.717) is 0 Å². The lowest BCUT2D eigenvalue weighted by atomic mass is 10.0. The molecule has 2 nitrogen and oxygen atoms in total. The quantitative estimate of drug-likeness (QED) is 0.164. The van der Waals surface area contributed by atoms with E-state index >= 15 is 0 Å². The molecule has 0 aliphatic carbocycles. The van der Waals surface area contributed by atoms with Crippen molar-refractivity contribution in [3.8, 4) is 11.4 Å². The van der Waals surface area contributed by atoms with E-state index in [4.69, 9.17) is 0 Å². The molecule has 0 atom stereocenters. The highest BCUT2D eigenvalue weighted by Crippen LogP contribution is 2.44. The van der Waals surface area contributed by atoms with Gasteiger partial charge in [0.2, 0.25) is 0 Å². The Kier molecular flexibility index (Phi) is 5.53. The van der Waals surface area contributed by atoms with Crippen LogP contribution in [0.25, 0.3) is 109 Å². The number of rotatable bonds is 2. The Morgan fingerprint density at radius 1 is 0.250 bits per heavy atom. The minimum absolute atomic E-state index is 1.17. The number of para-hydroxylation sites is 1. The van der Waals surface area contributed by atoms with Gasteiger partial charge in [0.25, 0.3) is 0 Å². The molecule has 0 amide bonds. The summed E-state index contributed by atoms with van der Waals surface area (Å²) in [6.45, 7) is 0. The number of nitrogens with zero attached hydrogens (tertiary/aromatic N) is 2. The van der Waals surface area contributed by atoms with Crippen LogP contribution in [0.3, 0.4) is 0 Å². The van der Waals surface area contributed by atoms with Crippen molar-refractivity contribution < 1.29 is 0 Å². The topological polar surface area (TPSA) is 9.86 Å². The fraction of sp³-hybridized carbons (Fsp3) is 0. The van der Waals surface area contributed by atoms with Gasteiger partial charge in [-0.15, -0.1) is 0 Å². The van der Waals surface area contributed by atoms with E-state index < -0.39 is 0 Å². The van der Waals surface area contributed by atoms with Gasteiger partial charge in [-0.2, -0.15) is 0 Å². The second kappa shape index (κ2) is 10.3. The van der Waals surface area contributed by atoms with E-state index in [9.17, 15) is 0 Å². The third-order valence-corrected chi connectivity index (χ3v) is 11.4. The van der Waals surface area contributed by atoms with Crippen LogP contribution in [-0.2, 0) is 0 Å². The van der Waals surface area contributed by atoms with Crippen LogP contribution in [0.5, 0.6) is 0 Å². The highest BCUT2D eigenvalue weighted by molar-refractivity contribution is 6.29. The van der Waals surface area contributed by atoms with Gasteiger partial charge < -0.3 is 9.13 Å². The molecule has 240 valence electrons. The van der Waals surface area contributed by atoms with Crippen molar-refractivity contribution in [1.82, 2.24) is 9.13 Å². The molecule has 0 bridgehead atoms. The van der Waals surface area contributed by atoms with Crippen molar-refractivity contribution in [3.05, 3.63) is 182 Å². The normalized spacial score (nSPS) is 12.2. The third-order valence-electron chi connectivity index (χ3n) is 11.4. The SMILES string of the molecule is c1ccc2c(c1)ccc1cc(-n3c4ccc5c6ccccc6n(-c6ccc7c(ccc8ccccc87)c6)c5c4c4ccc5ccccc5c43)ccc12. The van der Waals surface area contributed by atoms with Gasteiger partial charge in [0.15, 0.2) is 0 Å². The zero-order valence-electron chi connectivity index (χ0n) is 28.2. The Balaban J connectivity index is 1.23. The fourth-order valence-corrected chi connectivity index (χ4v) is 9.13. The second-order valence-electron chi connectivity index (χ2n) is 14.1. The average Bonchev–Trinajstić information content (AvgIpc) is 3.73. The molecule has 12 aromatic rings. The zero-order valence-corrected chi connectivity index (χ0v) is 28.2. The summed E-state index contributed by atoms with van der Waals surface area (Å²) >= 11 is 0. The van der Waals surface area contributed by atoms with Gasteiger partial charge in [-0.1, -0.05) is 146 Å². The minimum atomic E-state index is 1.17. The molecule has 0 aliphatic rings. The lowest BCUT2D eigenvalue weighted by Gasteiger charge is -2.13. The maximum absolute atomic E-state index is 2.51.